The second-order valence-corrected chi connectivity index (χ2v) is 6.83. The van der Waals surface area contributed by atoms with Crippen molar-refractivity contribution in [3.63, 3.8) is 0 Å². The molecule has 0 aromatic carbocycles. The van der Waals surface area contributed by atoms with E-state index in [4.69, 9.17) is 0 Å². The van der Waals surface area contributed by atoms with Gasteiger partial charge in [-0.15, -0.1) is 0 Å². The molecule has 1 saturated heterocycles. The highest BCUT2D eigenvalue weighted by Crippen LogP contribution is 2.27. The van der Waals surface area contributed by atoms with E-state index < -0.39 is 0 Å². The lowest BCUT2D eigenvalue weighted by Gasteiger charge is -2.32. The van der Waals surface area contributed by atoms with Crippen LogP contribution < -0.4 is 10.2 Å². The Morgan fingerprint density at radius 3 is 2.17 bits per heavy atom. The van der Waals surface area contributed by atoms with E-state index in [2.05, 4.69) is 32.1 Å². The molecule has 2 heterocycles. The Labute approximate surface area is 138 Å². The molecular formula is C17H27N5O. The number of aryl methyl sites for hydroxylation is 2. The van der Waals surface area contributed by atoms with E-state index in [9.17, 15) is 4.79 Å². The molecule has 0 unspecified atom stereocenters. The van der Waals surface area contributed by atoms with E-state index in [-0.39, 0.29) is 11.8 Å². The van der Waals surface area contributed by atoms with E-state index in [0.29, 0.717) is 0 Å². The highest BCUT2D eigenvalue weighted by atomic mass is 16.1. The molecule has 1 aromatic heterocycles. The van der Waals surface area contributed by atoms with Gasteiger partial charge in [-0.2, -0.15) is 0 Å². The van der Waals surface area contributed by atoms with Crippen LogP contribution in [0.2, 0.25) is 0 Å². The second-order valence-electron chi connectivity index (χ2n) is 6.83. The number of hydrogen-bond acceptors (Lipinski definition) is 5. The largest absolute Gasteiger partial charge is 0.338 e. The average molecular weight is 317 g/mol. The predicted molar refractivity (Wildman–Crippen MR) is 91.8 cm³/mol. The van der Waals surface area contributed by atoms with Crippen LogP contribution in [-0.4, -0.2) is 54.0 Å². The minimum Gasteiger partial charge on any atom is -0.338 e. The first kappa shape index (κ1) is 16.2. The number of aromatic nitrogens is 2. The summed E-state index contributed by atoms with van der Waals surface area (Å²) in [7, 11) is 2.14. The van der Waals surface area contributed by atoms with Crippen LogP contribution in [0.1, 0.15) is 37.1 Å². The fourth-order valence-corrected chi connectivity index (χ4v) is 3.44. The summed E-state index contributed by atoms with van der Waals surface area (Å²) in [5.74, 6) is 1.07. The van der Waals surface area contributed by atoms with E-state index in [1.807, 2.05) is 13.8 Å². The first-order valence-electron chi connectivity index (χ1n) is 8.64. The topological polar surface area (TPSA) is 61.4 Å². The summed E-state index contributed by atoms with van der Waals surface area (Å²) >= 11 is 0. The lowest BCUT2D eigenvalue weighted by atomic mass is 10.1. The van der Waals surface area contributed by atoms with Crippen molar-refractivity contribution in [3.8, 4) is 0 Å². The maximum Gasteiger partial charge on any atom is 0.227 e. The van der Waals surface area contributed by atoms with Crippen molar-refractivity contribution in [1.82, 2.24) is 14.9 Å². The molecule has 6 heteroatoms. The van der Waals surface area contributed by atoms with Gasteiger partial charge in [0.15, 0.2) is 0 Å². The van der Waals surface area contributed by atoms with Crippen molar-refractivity contribution in [1.29, 1.82) is 0 Å². The molecular weight excluding hydrogens is 290 g/mol. The summed E-state index contributed by atoms with van der Waals surface area (Å²) < 4.78 is 0. The molecule has 1 N–H and O–H groups in total. The van der Waals surface area contributed by atoms with Crippen molar-refractivity contribution in [2.45, 2.75) is 39.5 Å². The van der Waals surface area contributed by atoms with Crippen molar-refractivity contribution in [3.05, 3.63) is 11.4 Å². The molecule has 23 heavy (non-hydrogen) atoms. The van der Waals surface area contributed by atoms with Gasteiger partial charge in [0, 0.05) is 32.1 Å². The Kier molecular flexibility index (Phi) is 4.80. The number of carbonyl (C=O) groups is 1. The van der Waals surface area contributed by atoms with Crippen molar-refractivity contribution in [2.24, 2.45) is 5.92 Å². The predicted octanol–water partition coefficient (Wildman–Crippen LogP) is 1.97. The number of hydrogen-bond donors (Lipinski definition) is 1. The number of piperazine rings is 1. The number of carbonyl (C=O) groups excluding carboxylic acids is 1. The number of anilines is 2. The van der Waals surface area contributed by atoms with Crippen LogP contribution in [0.15, 0.2) is 0 Å². The summed E-state index contributed by atoms with van der Waals surface area (Å²) in [6.45, 7) is 7.87. The average Bonchev–Trinajstić information content (AvgIpc) is 3.05. The van der Waals surface area contributed by atoms with Gasteiger partial charge in [0.2, 0.25) is 11.9 Å². The molecule has 1 aliphatic heterocycles. The SMILES string of the molecule is Cc1nc(N2CCN(C)CC2)nc(C)c1NC(=O)C1CCCC1. The zero-order chi connectivity index (χ0) is 16.4. The third kappa shape index (κ3) is 3.63. The van der Waals surface area contributed by atoms with E-state index >= 15 is 0 Å². The highest BCUT2D eigenvalue weighted by molar-refractivity contribution is 5.93. The van der Waals surface area contributed by atoms with Crippen LogP contribution in [0, 0.1) is 19.8 Å². The normalized spacial score (nSPS) is 20.0. The van der Waals surface area contributed by atoms with Gasteiger partial charge in [0.25, 0.3) is 0 Å². The fourth-order valence-electron chi connectivity index (χ4n) is 3.44. The van der Waals surface area contributed by atoms with Crippen molar-refractivity contribution >= 4 is 17.5 Å². The van der Waals surface area contributed by atoms with Crippen LogP contribution in [0.25, 0.3) is 0 Å². The molecule has 0 radical (unpaired) electrons. The smallest absolute Gasteiger partial charge is 0.227 e. The minimum atomic E-state index is 0.129. The number of nitrogens with zero attached hydrogens (tertiary/aromatic N) is 4. The molecule has 0 bridgehead atoms. The van der Waals surface area contributed by atoms with Gasteiger partial charge >= 0.3 is 0 Å². The third-order valence-corrected chi connectivity index (χ3v) is 5.02. The minimum absolute atomic E-state index is 0.129. The third-order valence-electron chi connectivity index (χ3n) is 5.02. The van der Waals surface area contributed by atoms with Gasteiger partial charge in [-0.25, -0.2) is 9.97 Å². The molecule has 1 aromatic rings. The van der Waals surface area contributed by atoms with Crippen LogP contribution in [0.4, 0.5) is 11.6 Å². The zero-order valence-corrected chi connectivity index (χ0v) is 14.4. The number of amides is 1. The van der Waals surface area contributed by atoms with E-state index in [1.54, 1.807) is 0 Å². The Balaban J connectivity index is 1.73. The van der Waals surface area contributed by atoms with Crippen molar-refractivity contribution < 1.29 is 4.79 Å². The Hall–Kier alpha value is -1.69. The molecule has 6 nitrogen and oxygen atoms in total. The first-order valence-corrected chi connectivity index (χ1v) is 8.64. The van der Waals surface area contributed by atoms with Crippen LogP contribution >= 0.6 is 0 Å². The summed E-state index contributed by atoms with van der Waals surface area (Å²) in [6, 6.07) is 0. The lowest BCUT2D eigenvalue weighted by Crippen LogP contribution is -2.45. The summed E-state index contributed by atoms with van der Waals surface area (Å²) in [5.41, 5.74) is 2.51. The highest BCUT2D eigenvalue weighted by Gasteiger charge is 2.24. The molecule has 2 fully saturated rings. The number of rotatable bonds is 3. The first-order chi connectivity index (χ1) is 11.0. The standard InChI is InChI=1S/C17H27N5O/c1-12-15(20-16(23)14-6-4-5-7-14)13(2)19-17(18-12)22-10-8-21(3)9-11-22/h14H,4-11H2,1-3H3,(H,20,23). The monoisotopic (exact) mass is 317 g/mol. The molecule has 0 atom stereocenters. The fraction of sp³-hybridized carbons (Fsp3) is 0.706. The van der Waals surface area contributed by atoms with Gasteiger partial charge in [0.1, 0.15) is 0 Å². The van der Waals surface area contributed by atoms with Crippen LogP contribution in [0.5, 0.6) is 0 Å². The molecule has 1 aliphatic carbocycles. The molecule has 2 aliphatic rings. The Bertz CT molecular complexity index is 551. The van der Waals surface area contributed by atoms with Gasteiger partial charge in [-0.1, -0.05) is 12.8 Å². The van der Waals surface area contributed by atoms with E-state index in [0.717, 1.165) is 74.9 Å². The van der Waals surface area contributed by atoms with Gasteiger partial charge in [-0.3, -0.25) is 4.79 Å². The Morgan fingerprint density at radius 1 is 1.04 bits per heavy atom. The molecule has 3 rings (SSSR count). The maximum atomic E-state index is 12.4. The molecule has 0 spiro atoms. The lowest BCUT2D eigenvalue weighted by molar-refractivity contribution is -0.119. The number of nitrogens with one attached hydrogen (secondary N) is 1. The second kappa shape index (κ2) is 6.83. The maximum absolute atomic E-state index is 12.4. The number of likely N-dealkylation sites (N-methyl/N-ethyl adjacent to an activating group) is 1. The van der Waals surface area contributed by atoms with Gasteiger partial charge in [0.05, 0.1) is 17.1 Å². The Morgan fingerprint density at radius 2 is 1.61 bits per heavy atom. The van der Waals surface area contributed by atoms with Crippen molar-refractivity contribution in [2.75, 3.05) is 43.4 Å². The summed E-state index contributed by atoms with van der Waals surface area (Å²) in [4.78, 5) is 26.2. The molecule has 1 saturated carbocycles. The van der Waals surface area contributed by atoms with E-state index in [1.165, 1.54) is 0 Å². The van der Waals surface area contributed by atoms with Gasteiger partial charge < -0.3 is 15.1 Å². The van der Waals surface area contributed by atoms with Crippen LogP contribution in [0.3, 0.4) is 0 Å². The van der Waals surface area contributed by atoms with Crippen LogP contribution in [-0.2, 0) is 4.79 Å². The summed E-state index contributed by atoms with van der Waals surface area (Å²) in [5, 5.41) is 3.07. The molecule has 126 valence electrons. The molecule has 1 amide bonds. The quantitative estimate of drug-likeness (QED) is 0.923. The summed E-state index contributed by atoms with van der Waals surface area (Å²) in [6.07, 6.45) is 4.33. The zero-order valence-electron chi connectivity index (χ0n) is 14.4. The van der Waals surface area contributed by atoms with Gasteiger partial charge in [-0.05, 0) is 33.7 Å².